The van der Waals surface area contributed by atoms with Gasteiger partial charge < -0.3 is 9.84 Å². The first-order valence-electron chi connectivity index (χ1n) is 5.80. The second-order valence-electron chi connectivity index (χ2n) is 4.27. The molecule has 2 unspecified atom stereocenters. The first-order valence-corrected chi connectivity index (χ1v) is 6.79. The van der Waals surface area contributed by atoms with Crippen LogP contribution in [-0.4, -0.2) is 26.7 Å². The predicted octanol–water partition coefficient (Wildman–Crippen LogP) is 2.01. The lowest BCUT2D eigenvalue weighted by atomic mass is 10.1. The highest BCUT2D eigenvalue weighted by molar-refractivity contribution is 7.99. The number of aliphatic hydroxyl groups is 1. The number of hydrogen-bond acceptors (Lipinski definition) is 4. The van der Waals surface area contributed by atoms with E-state index >= 15 is 0 Å². The zero-order valence-electron chi connectivity index (χ0n) is 9.98. The van der Waals surface area contributed by atoms with Crippen LogP contribution in [0.5, 0.6) is 5.75 Å². The van der Waals surface area contributed by atoms with Gasteiger partial charge in [-0.1, -0.05) is 12.1 Å². The molecular formula is C13H14N2O2S. The highest BCUT2D eigenvalue weighted by atomic mass is 32.2. The van der Waals surface area contributed by atoms with Crippen LogP contribution in [-0.2, 0) is 7.05 Å². The van der Waals surface area contributed by atoms with E-state index in [0.29, 0.717) is 5.69 Å². The third-order valence-electron chi connectivity index (χ3n) is 2.92. The Bertz CT molecular complexity index is 555. The molecular weight excluding hydrogens is 248 g/mol. The number of nitrogens with zero attached hydrogens (tertiary/aromatic N) is 2. The minimum atomic E-state index is -0.688. The Labute approximate surface area is 110 Å². The van der Waals surface area contributed by atoms with Crippen LogP contribution in [0.15, 0.2) is 41.4 Å². The summed E-state index contributed by atoms with van der Waals surface area (Å²) in [7, 11) is 1.84. The van der Waals surface area contributed by atoms with E-state index in [-0.39, 0.29) is 6.10 Å². The zero-order chi connectivity index (χ0) is 12.5. The number of para-hydroxylation sites is 1. The van der Waals surface area contributed by atoms with Gasteiger partial charge in [0.1, 0.15) is 18.0 Å². The highest BCUT2D eigenvalue weighted by Gasteiger charge is 2.29. The van der Waals surface area contributed by atoms with Crippen LogP contribution < -0.4 is 4.74 Å². The molecule has 94 valence electrons. The van der Waals surface area contributed by atoms with Gasteiger partial charge in [0.2, 0.25) is 0 Å². The van der Waals surface area contributed by atoms with Crippen molar-refractivity contribution in [2.75, 3.05) is 5.75 Å². The van der Waals surface area contributed by atoms with Crippen molar-refractivity contribution in [3.8, 4) is 5.75 Å². The lowest BCUT2D eigenvalue weighted by Gasteiger charge is -2.28. The summed E-state index contributed by atoms with van der Waals surface area (Å²) in [6.45, 7) is 0. The third-order valence-corrected chi connectivity index (χ3v) is 4.06. The molecule has 2 heterocycles. The maximum absolute atomic E-state index is 10.3. The summed E-state index contributed by atoms with van der Waals surface area (Å²) >= 11 is 1.71. The second kappa shape index (κ2) is 4.66. The Balaban J connectivity index is 1.79. The standard InChI is InChI=1S/C13H14N2O2S/c1-15-7-6-9(14-15)13(16)11-8-18-12-5-3-2-4-10(12)17-11/h2-7,11,13,16H,8H2,1H3. The topological polar surface area (TPSA) is 47.3 Å². The summed E-state index contributed by atoms with van der Waals surface area (Å²) in [5, 5.41) is 14.5. The van der Waals surface area contributed by atoms with Gasteiger partial charge in [-0.25, -0.2) is 0 Å². The molecule has 3 rings (SSSR count). The van der Waals surface area contributed by atoms with Crippen LogP contribution in [0.2, 0.25) is 0 Å². The molecule has 0 bridgehead atoms. The van der Waals surface area contributed by atoms with Gasteiger partial charge in [0, 0.05) is 23.9 Å². The van der Waals surface area contributed by atoms with Crippen molar-refractivity contribution in [1.82, 2.24) is 9.78 Å². The average Bonchev–Trinajstić information content (AvgIpc) is 2.84. The quantitative estimate of drug-likeness (QED) is 0.899. The van der Waals surface area contributed by atoms with Crippen molar-refractivity contribution in [2.45, 2.75) is 17.1 Å². The van der Waals surface area contributed by atoms with Crippen LogP contribution in [0, 0.1) is 0 Å². The van der Waals surface area contributed by atoms with E-state index in [9.17, 15) is 5.11 Å². The minimum Gasteiger partial charge on any atom is -0.485 e. The minimum absolute atomic E-state index is 0.250. The fraction of sp³-hybridized carbons (Fsp3) is 0.308. The number of fused-ring (bicyclic) bond motifs is 1. The number of aromatic nitrogens is 2. The van der Waals surface area contributed by atoms with Gasteiger partial charge in [0.15, 0.2) is 0 Å². The van der Waals surface area contributed by atoms with E-state index in [0.717, 1.165) is 16.4 Å². The summed E-state index contributed by atoms with van der Waals surface area (Å²) in [5.74, 6) is 1.57. The molecule has 0 aliphatic carbocycles. The van der Waals surface area contributed by atoms with E-state index < -0.39 is 6.10 Å². The molecule has 1 aliphatic heterocycles. The fourth-order valence-electron chi connectivity index (χ4n) is 1.97. The van der Waals surface area contributed by atoms with Crippen molar-refractivity contribution in [3.05, 3.63) is 42.2 Å². The van der Waals surface area contributed by atoms with Gasteiger partial charge in [-0.2, -0.15) is 5.10 Å². The molecule has 18 heavy (non-hydrogen) atoms. The van der Waals surface area contributed by atoms with Gasteiger partial charge in [-0.3, -0.25) is 4.68 Å². The molecule has 0 spiro atoms. The zero-order valence-corrected chi connectivity index (χ0v) is 10.8. The largest absolute Gasteiger partial charge is 0.485 e. The van der Waals surface area contributed by atoms with Crippen LogP contribution in [0.25, 0.3) is 0 Å². The first kappa shape index (κ1) is 11.6. The molecule has 0 saturated carbocycles. The van der Waals surface area contributed by atoms with Gasteiger partial charge in [0.25, 0.3) is 0 Å². The van der Waals surface area contributed by atoms with E-state index in [1.54, 1.807) is 16.4 Å². The molecule has 0 amide bonds. The lowest BCUT2D eigenvalue weighted by Crippen LogP contribution is -2.30. The smallest absolute Gasteiger partial charge is 0.140 e. The number of rotatable bonds is 2. The molecule has 1 N–H and O–H groups in total. The normalized spacial score (nSPS) is 20.0. The molecule has 1 aliphatic rings. The monoisotopic (exact) mass is 262 g/mol. The Morgan fingerprint density at radius 2 is 2.28 bits per heavy atom. The van der Waals surface area contributed by atoms with Crippen LogP contribution in [0.3, 0.4) is 0 Å². The van der Waals surface area contributed by atoms with Crippen LogP contribution >= 0.6 is 11.8 Å². The number of benzene rings is 1. The number of ether oxygens (including phenoxy) is 1. The molecule has 1 aromatic heterocycles. The molecule has 0 radical (unpaired) electrons. The molecule has 4 nitrogen and oxygen atoms in total. The average molecular weight is 262 g/mol. The van der Waals surface area contributed by atoms with E-state index in [4.69, 9.17) is 4.74 Å². The van der Waals surface area contributed by atoms with Gasteiger partial charge in [-0.15, -0.1) is 11.8 Å². The summed E-state index contributed by atoms with van der Waals surface area (Å²) in [5.41, 5.74) is 0.655. The maximum atomic E-state index is 10.3. The Hall–Kier alpha value is -1.46. The molecule has 0 fully saturated rings. The third kappa shape index (κ3) is 2.11. The van der Waals surface area contributed by atoms with Crippen molar-refractivity contribution < 1.29 is 9.84 Å². The lowest BCUT2D eigenvalue weighted by molar-refractivity contribution is 0.0425. The number of hydrogen-bond donors (Lipinski definition) is 1. The molecule has 2 atom stereocenters. The van der Waals surface area contributed by atoms with E-state index in [2.05, 4.69) is 5.10 Å². The van der Waals surface area contributed by atoms with Crippen molar-refractivity contribution >= 4 is 11.8 Å². The van der Waals surface area contributed by atoms with Crippen molar-refractivity contribution in [1.29, 1.82) is 0 Å². The molecule has 2 aromatic rings. The van der Waals surface area contributed by atoms with Crippen LogP contribution in [0.1, 0.15) is 11.8 Å². The number of aryl methyl sites for hydroxylation is 1. The number of thioether (sulfide) groups is 1. The summed E-state index contributed by atoms with van der Waals surface area (Å²) < 4.78 is 7.52. The van der Waals surface area contributed by atoms with Crippen molar-refractivity contribution in [2.24, 2.45) is 7.05 Å². The molecule has 5 heteroatoms. The maximum Gasteiger partial charge on any atom is 0.140 e. The first-order chi connectivity index (χ1) is 8.74. The Kier molecular flexibility index (Phi) is 3.01. The SMILES string of the molecule is Cn1ccc(C(O)C2CSc3ccccc3O2)n1. The van der Waals surface area contributed by atoms with Gasteiger partial charge in [0.05, 0.1) is 5.69 Å². The summed E-state index contributed by atoms with van der Waals surface area (Å²) in [4.78, 5) is 1.13. The Morgan fingerprint density at radius 3 is 3.06 bits per heavy atom. The summed E-state index contributed by atoms with van der Waals surface area (Å²) in [6, 6.07) is 9.71. The molecule has 1 aromatic carbocycles. The van der Waals surface area contributed by atoms with Crippen LogP contribution in [0.4, 0.5) is 0 Å². The second-order valence-corrected chi connectivity index (χ2v) is 5.33. The molecule has 0 saturated heterocycles. The fourth-order valence-corrected chi connectivity index (χ4v) is 3.00. The van der Waals surface area contributed by atoms with Gasteiger partial charge in [-0.05, 0) is 18.2 Å². The van der Waals surface area contributed by atoms with E-state index in [1.165, 1.54) is 0 Å². The summed E-state index contributed by atoms with van der Waals surface area (Å²) in [6.07, 6.45) is 0.884. The highest BCUT2D eigenvalue weighted by Crippen LogP contribution is 2.37. The van der Waals surface area contributed by atoms with Gasteiger partial charge >= 0.3 is 0 Å². The number of aliphatic hydroxyl groups excluding tert-OH is 1. The van der Waals surface area contributed by atoms with E-state index in [1.807, 2.05) is 43.6 Å². The van der Waals surface area contributed by atoms with Crippen molar-refractivity contribution in [3.63, 3.8) is 0 Å². The Morgan fingerprint density at radius 1 is 1.44 bits per heavy atom. The predicted molar refractivity (Wildman–Crippen MR) is 69.7 cm³/mol.